The van der Waals surface area contributed by atoms with Crippen LogP contribution < -0.4 is 10.6 Å². The van der Waals surface area contributed by atoms with E-state index in [0.29, 0.717) is 6.54 Å². The third-order valence-corrected chi connectivity index (χ3v) is 3.97. The third-order valence-electron chi connectivity index (χ3n) is 3.97. The summed E-state index contributed by atoms with van der Waals surface area (Å²) in [5, 5.41) is 6.14. The first-order chi connectivity index (χ1) is 9.66. The minimum atomic E-state index is -0.411. The molecule has 2 saturated heterocycles. The van der Waals surface area contributed by atoms with E-state index in [1.807, 2.05) is 4.90 Å². The quantitative estimate of drug-likeness (QED) is 0.723. The Balaban J connectivity index is 1.73. The minimum absolute atomic E-state index is 0.0491. The summed E-state index contributed by atoms with van der Waals surface area (Å²) in [7, 11) is 0. The molecule has 6 heteroatoms. The second kappa shape index (κ2) is 7.59. The average molecular weight is 282 g/mol. The number of hydrogen-bond acceptors (Lipinski definition) is 4. The van der Waals surface area contributed by atoms with Crippen molar-refractivity contribution in [2.24, 2.45) is 0 Å². The highest BCUT2D eigenvalue weighted by Gasteiger charge is 2.24. The fourth-order valence-corrected chi connectivity index (χ4v) is 2.82. The van der Waals surface area contributed by atoms with Crippen molar-refractivity contribution in [3.05, 3.63) is 0 Å². The summed E-state index contributed by atoms with van der Waals surface area (Å²) in [5.41, 5.74) is 0. The van der Waals surface area contributed by atoms with Crippen LogP contribution in [0.25, 0.3) is 0 Å². The van der Waals surface area contributed by atoms with Gasteiger partial charge in [0, 0.05) is 26.2 Å². The average Bonchev–Trinajstić information content (AvgIpc) is 2.84. The lowest BCUT2D eigenvalue weighted by molar-refractivity contribution is -0.135. The SMILES string of the molecule is CC(NC(=O)CN1CCCNCC1)C(=O)N1CCCC1. The van der Waals surface area contributed by atoms with E-state index in [2.05, 4.69) is 15.5 Å². The second-order valence-corrected chi connectivity index (χ2v) is 5.70. The van der Waals surface area contributed by atoms with Crippen LogP contribution in [-0.2, 0) is 9.59 Å². The fourth-order valence-electron chi connectivity index (χ4n) is 2.82. The number of carbonyl (C=O) groups excluding carboxylic acids is 2. The van der Waals surface area contributed by atoms with Gasteiger partial charge in [0.25, 0.3) is 0 Å². The molecule has 2 fully saturated rings. The van der Waals surface area contributed by atoms with Gasteiger partial charge in [-0.05, 0) is 39.3 Å². The predicted octanol–water partition coefficient (Wildman–Crippen LogP) is -0.591. The van der Waals surface area contributed by atoms with Crippen LogP contribution in [0.3, 0.4) is 0 Å². The van der Waals surface area contributed by atoms with Gasteiger partial charge < -0.3 is 15.5 Å². The van der Waals surface area contributed by atoms with Gasteiger partial charge in [-0.3, -0.25) is 14.5 Å². The summed E-state index contributed by atoms with van der Waals surface area (Å²) >= 11 is 0. The first-order valence-corrected chi connectivity index (χ1v) is 7.68. The van der Waals surface area contributed by atoms with Crippen molar-refractivity contribution in [3.63, 3.8) is 0 Å². The van der Waals surface area contributed by atoms with E-state index < -0.39 is 6.04 Å². The van der Waals surface area contributed by atoms with E-state index in [9.17, 15) is 9.59 Å². The maximum atomic E-state index is 12.1. The lowest BCUT2D eigenvalue weighted by Crippen LogP contribution is -2.49. The number of hydrogen-bond donors (Lipinski definition) is 2. The summed E-state index contributed by atoms with van der Waals surface area (Å²) in [5.74, 6) is 0.000306. The lowest BCUT2D eigenvalue weighted by Gasteiger charge is -2.23. The van der Waals surface area contributed by atoms with Gasteiger partial charge in [-0.25, -0.2) is 0 Å². The Morgan fingerprint density at radius 3 is 2.60 bits per heavy atom. The van der Waals surface area contributed by atoms with Gasteiger partial charge in [0.2, 0.25) is 11.8 Å². The number of nitrogens with zero attached hydrogens (tertiary/aromatic N) is 2. The molecule has 2 rings (SSSR count). The van der Waals surface area contributed by atoms with Crippen molar-refractivity contribution in [2.75, 3.05) is 45.8 Å². The predicted molar refractivity (Wildman–Crippen MR) is 77.3 cm³/mol. The molecule has 0 aromatic heterocycles. The molecule has 0 aromatic carbocycles. The zero-order valence-corrected chi connectivity index (χ0v) is 12.4. The molecule has 2 amide bonds. The van der Waals surface area contributed by atoms with Crippen molar-refractivity contribution in [3.8, 4) is 0 Å². The van der Waals surface area contributed by atoms with E-state index in [4.69, 9.17) is 0 Å². The molecule has 20 heavy (non-hydrogen) atoms. The molecule has 114 valence electrons. The Bertz CT molecular complexity index is 334. The minimum Gasteiger partial charge on any atom is -0.343 e. The molecular weight excluding hydrogens is 256 g/mol. The van der Waals surface area contributed by atoms with Crippen LogP contribution in [0, 0.1) is 0 Å². The third kappa shape index (κ3) is 4.45. The highest BCUT2D eigenvalue weighted by atomic mass is 16.2. The lowest BCUT2D eigenvalue weighted by atomic mass is 10.3. The Labute approximate surface area is 120 Å². The van der Waals surface area contributed by atoms with Gasteiger partial charge in [-0.2, -0.15) is 0 Å². The molecular formula is C14H26N4O2. The van der Waals surface area contributed by atoms with Crippen LogP contribution in [0.4, 0.5) is 0 Å². The molecule has 0 spiro atoms. The summed E-state index contributed by atoms with van der Waals surface area (Å²) in [6.45, 7) is 7.60. The zero-order chi connectivity index (χ0) is 14.4. The van der Waals surface area contributed by atoms with E-state index in [1.165, 1.54) is 0 Å². The largest absolute Gasteiger partial charge is 0.343 e. The van der Waals surface area contributed by atoms with Crippen LogP contribution in [-0.4, -0.2) is 73.5 Å². The van der Waals surface area contributed by atoms with Crippen molar-refractivity contribution >= 4 is 11.8 Å². The maximum Gasteiger partial charge on any atom is 0.244 e. The molecule has 0 aliphatic carbocycles. The van der Waals surface area contributed by atoms with Gasteiger partial charge >= 0.3 is 0 Å². The summed E-state index contributed by atoms with van der Waals surface area (Å²) in [6.07, 6.45) is 3.22. The molecule has 0 saturated carbocycles. The highest BCUT2D eigenvalue weighted by Crippen LogP contribution is 2.08. The van der Waals surface area contributed by atoms with Crippen LogP contribution in [0.1, 0.15) is 26.2 Å². The molecule has 0 bridgehead atoms. The summed E-state index contributed by atoms with van der Waals surface area (Å²) < 4.78 is 0. The number of nitrogens with one attached hydrogen (secondary N) is 2. The Morgan fingerprint density at radius 2 is 1.85 bits per heavy atom. The number of carbonyl (C=O) groups is 2. The topological polar surface area (TPSA) is 64.7 Å². The van der Waals surface area contributed by atoms with E-state index in [-0.39, 0.29) is 11.8 Å². The van der Waals surface area contributed by atoms with Crippen molar-refractivity contribution in [1.29, 1.82) is 0 Å². The Morgan fingerprint density at radius 1 is 1.10 bits per heavy atom. The number of amides is 2. The van der Waals surface area contributed by atoms with Crippen LogP contribution in [0.2, 0.25) is 0 Å². The zero-order valence-electron chi connectivity index (χ0n) is 12.4. The monoisotopic (exact) mass is 282 g/mol. The molecule has 2 aliphatic heterocycles. The first kappa shape index (κ1) is 15.3. The number of rotatable bonds is 4. The Kier molecular flexibility index (Phi) is 5.79. The highest BCUT2D eigenvalue weighted by molar-refractivity contribution is 5.88. The smallest absolute Gasteiger partial charge is 0.244 e. The van der Waals surface area contributed by atoms with Crippen LogP contribution in [0.5, 0.6) is 0 Å². The van der Waals surface area contributed by atoms with Gasteiger partial charge in [-0.1, -0.05) is 0 Å². The van der Waals surface area contributed by atoms with Crippen LogP contribution >= 0.6 is 0 Å². The van der Waals surface area contributed by atoms with Gasteiger partial charge in [0.15, 0.2) is 0 Å². The van der Waals surface area contributed by atoms with Gasteiger partial charge in [0.05, 0.1) is 6.54 Å². The maximum absolute atomic E-state index is 12.1. The molecule has 1 atom stereocenters. The first-order valence-electron chi connectivity index (χ1n) is 7.68. The molecule has 2 N–H and O–H groups in total. The fraction of sp³-hybridized carbons (Fsp3) is 0.857. The summed E-state index contributed by atoms with van der Waals surface area (Å²) in [6, 6.07) is -0.411. The molecule has 6 nitrogen and oxygen atoms in total. The number of likely N-dealkylation sites (tertiary alicyclic amines) is 1. The molecule has 0 radical (unpaired) electrons. The molecule has 2 aliphatic rings. The normalized spacial score (nSPS) is 22.4. The molecule has 0 aromatic rings. The molecule has 1 unspecified atom stereocenters. The second-order valence-electron chi connectivity index (χ2n) is 5.70. The van der Waals surface area contributed by atoms with Crippen LogP contribution in [0.15, 0.2) is 0 Å². The van der Waals surface area contributed by atoms with E-state index in [1.54, 1.807) is 6.92 Å². The van der Waals surface area contributed by atoms with Gasteiger partial charge in [-0.15, -0.1) is 0 Å². The van der Waals surface area contributed by atoms with Crippen molar-refractivity contribution in [1.82, 2.24) is 20.4 Å². The molecule has 2 heterocycles. The summed E-state index contributed by atoms with van der Waals surface area (Å²) in [4.78, 5) is 28.1. The van der Waals surface area contributed by atoms with Crippen molar-refractivity contribution < 1.29 is 9.59 Å². The van der Waals surface area contributed by atoms with Gasteiger partial charge in [0.1, 0.15) is 6.04 Å². The Hall–Kier alpha value is -1.14. The standard InChI is InChI=1S/C14H26N4O2/c1-12(14(20)18-8-2-3-9-18)16-13(19)11-17-7-4-5-15-6-10-17/h12,15H,2-11H2,1H3,(H,16,19). The van der Waals surface area contributed by atoms with E-state index in [0.717, 1.165) is 58.5 Å². The van der Waals surface area contributed by atoms with Crippen molar-refractivity contribution in [2.45, 2.75) is 32.2 Å². The van der Waals surface area contributed by atoms with E-state index >= 15 is 0 Å².